The zero-order valence-electron chi connectivity index (χ0n) is 15.9. The van der Waals surface area contributed by atoms with Crippen LogP contribution in [-0.4, -0.2) is 25.1 Å². The van der Waals surface area contributed by atoms with Gasteiger partial charge in [0, 0.05) is 0 Å². The Kier molecular flexibility index (Phi) is 5.99. The first-order valence-corrected chi connectivity index (χ1v) is 11.9. The van der Waals surface area contributed by atoms with E-state index in [-0.39, 0.29) is 26.5 Å². The van der Waals surface area contributed by atoms with Crippen LogP contribution < -0.4 is 9.29 Å². The van der Waals surface area contributed by atoms with Gasteiger partial charge in [0.15, 0.2) is 11.0 Å². The largest absolute Gasteiger partial charge is 0.336 e. The maximum absolute atomic E-state index is 13.3. The molecule has 0 radical (unpaired) electrons. The summed E-state index contributed by atoms with van der Waals surface area (Å²) < 4.78 is 41.0. The Hall–Kier alpha value is -2.88. The average molecular weight is 477 g/mol. The topological polar surface area (TPSA) is 82.9 Å². The number of carbonyl (C=O) groups is 1. The zero-order chi connectivity index (χ0) is 22.0. The Morgan fingerprint density at radius 2 is 1.77 bits per heavy atom. The molecule has 2 N–H and O–H groups in total. The SMILES string of the molecule is O=C(CSc1[nH]c2ccccc2[n+]1S(=O)(=O)c1ccccc1)Nc1ccc(F)cc1Cl. The Morgan fingerprint density at radius 1 is 1.06 bits per heavy atom. The highest BCUT2D eigenvalue weighted by Gasteiger charge is 2.31. The van der Waals surface area contributed by atoms with E-state index in [0.717, 1.165) is 17.8 Å². The van der Waals surface area contributed by atoms with Gasteiger partial charge in [-0.1, -0.05) is 41.9 Å². The molecule has 0 atom stereocenters. The number of rotatable bonds is 6. The lowest BCUT2D eigenvalue weighted by Gasteiger charge is -2.07. The van der Waals surface area contributed by atoms with Crippen molar-refractivity contribution in [1.82, 2.24) is 4.98 Å². The van der Waals surface area contributed by atoms with Crippen LogP contribution in [0.5, 0.6) is 0 Å². The van der Waals surface area contributed by atoms with Gasteiger partial charge in [-0.25, -0.2) is 9.37 Å². The molecule has 1 amide bonds. The van der Waals surface area contributed by atoms with Gasteiger partial charge >= 0.3 is 15.2 Å². The van der Waals surface area contributed by atoms with Gasteiger partial charge in [-0.2, -0.15) is 8.42 Å². The van der Waals surface area contributed by atoms with Crippen LogP contribution >= 0.6 is 23.4 Å². The van der Waals surface area contributed by atoms with Crippen molar-refractivity contribution < 1.29 is 21.6 Å². The third-order valence-corrected chi connectivity index (χ3v) is 7.50. The number of fused-ring (bicyclic) bond motifs is 1. The smallest absolute Gasteiger partial charge is 0.324 e. The van der Waals surface area contributed by atoms with Crippen molar-refractivity contribution in [2.75, 3.05) is 11.1 Å². The van der Waals surface area contributed by atoms with Crippen LogP contribution in [0.4, 0.5) is 10.1 Å². The van der Waals surface area contributed by atoms with E-state index in [0.29, 0.717) is 11.0 Å². The molecule has 1 aromatic heterocycles. The van der Waals surface area contributed by atoms with E-state index in [1.807, 2.05) is 0 Å². The fourth-order valence-electron chi connectivity index (χ4n) is 2.97. The molecule has 0 unspecified atom stereocenters. The maximum atomic E-state index is 13.3. The molecule has 158 valence electrons. The first kappa shape index (κ1) is 21.4. The quantitative estimate of drug-likeness (QED) is 0.322. The summed E-state index contributed by atoms with van der Waals surface area (Å²) >= 11 is 6.98. The predicted molar refractivity (Wildman–Crippen MR) is 118 cm³/mol. The molecule has 0 aliphatic carbocycles. The highest BCUT2D eigenvalue weighted by atomic mass is 35.5. The molecule has 4 aromatic rings. The normalized spacial score (nSPS) is 11.5. The van der Waals surface area contributed by atoms with Crippen LogP contribution in [0.25, 0.3) is 11.0 Å². The predicted octanol–water partition coefficient (Wildman–Crippen LogP) is 4.22. The van der Waals surface area contributed by atoms with E-state index in [9.17, 15) is 17.6 Å². The van der Waals surface area contributed by atoms with Crippen molar-refractivity contribution in [2.45, 2.75) is 10.1 Å². The lowest BCUT2D eigenvalue weighted by molar-refractivity contribution is -0.526. The van der Waals surface area contributed by atoms with Crippen molar-refractivity contribution in [1.29, 1.82) is 0 Å². The summed E-state index contributed by atoms with van der Waals surface area (Å²) in [7, 11) is -3.90. The standard InChI is InChI=1S/C21H15ClFN3O3S2/c22-16-12-14(23)10-11-17(16)24-20(27)13-30-21-25-18-8-4-5-9-19(18)26(21)31(28,29)15-6-2-1-3-7-15/h1-12H,13H2,(H,24,27)/p+1. The lowest BCUT2D eigenvalue weighted by Crippen LogP contribution is -2.44. The van der Waals surface area contributed by atoms with Crippen molar-refractivity contribution >= 4 is 56.0 Å². The van der Waals surface area contributed by atoms with E-state index in [2.05, 4.69) is 10.3 Å². The Labute approximate surface area is 187 Å². The molecule has 0 bridgehead atoms. The molecule has 0 aliphatic rings. The van der Waals surface area contributed by atoms with Crippen molar-refractivity contribution in [3.63, 3.8) is 0 Å². The fourth-order valence-corrected chi connectivity index (χ4v) is 5.77. The molecule has 10 heteroatoms. The molecule has 4 rings (SSSR count). The van der Waals surface area contributed by atoms with Gasteiger partial charge in [0.1, 0.15) is 10.7 Å². The molecule has 6 nitrogen and oxygen atoms in total. The Balaban J connectivity index is 1.64. The van der Waals surface area contributed by atoms with E-state index < -0.39 is 21.7 Å². The molecule has 0 spiro atoms. The summed E-state index contributed by atoms with van der Waals surface area (Å²) in [5.74, 6) is -1.02. The van der Waals surface area contributed by atoms with Gasteiger partial charge in [0.05, 0.1) is 16.5 Å². The van der Waals surface area contributed by atoms with E-state index in [4.69, 9.17) is 11.6 Å². The monoisotopic (exact) mass is 476 g/mol. The second kappa shape index (κ2) is 8.70. The minimum atomic E-state index is -3.90. The number of hydrogen-bond donors (Lipinski definition) is 2. The van der Waals surface area contributed by atoms with Crippen LogP contribution in [-0.2, 0) is 14.8 Å². The number of nitrogens with zero attached hydrogens (tertiary/aromatic N) is 1. The van der Waals surface area contributed by atoms with Crippen LogP contribution in [0.2, 0.25) is 5.02 Å². The van der Waals surface area contributed by atoms with Gasteiger partial charge < -0.3 is 5.32 Å². The van der Waals surface area contributed by atoms with Gasteiger partial charge in [-0.05, 0) is 54.2 Å². The Morgan fingerprint density at radius 3 is 2.52 bits per heavy atom. The zero-order valence-corrected chi connectivity index (χ0v) is 18.3. The number of halogens is 2. The minimum absolute atomic E-state index is 0.0747. The highest BCUT2D eigenvalue weighted by molar-refractivity contribution is 8.00. The maximum Gasteiger partial charge on any atom is 0.336 e. The molecule has 1 heterocycles. The number of aromatic nitrogens is 2. The minimum Gasteiger partial charge on any atom is -0.324 e. The number of aromatic amines is 1. The number of carbonyl (C=O) groups excluding carboxylic acids is 1. The first-order chi connectivity index (χ1) is 14.9. The molecule has 3 aromatic carbocycles. The van der Waals surface area contributed by atoms with E-state index in [1.165, 1.54) is 28.2 Å². The second-order valence-corrected chi connectivity index (χ2v) is 9.65. The summed E-state index contributed by atoms with van der Waals surface area (Å²) in [5, 5.41) is 2.96. The molecular weight excluding hydrogens is 461 g/mol. The molecule has 31 heavy (non-hydrogen) atoms. The molecule has 0 fully saturated rings. The van der Waals surface area contributed by atoms with E-state index >= 15 is 0 Å². The van der Waals surface area contributed by atoms with Crippen LogP contribution in [0.15, 0.2) is 82.8 Å². The number of H-pyrrole nitrogens is 1. The van der Waals surface area contributed by atoms with Crippen molar-refractivity contribution in [3.05, 3.63) is 83.6 Å². The van der Waals surface area contributed by atoms with Crippen LogP contribution in [0.1, 0.15) is 0 Å². The lowest BCUT2D eigenvalue weighted by atomic mass is 10.3. The van der Waals surface area contributed by atoms with Crippen molar-refractivity contribution in [2.24, 2.45) is 0 Å². The number of anilines is 1. The first-order valence-electron chi connectivity index (χ1n) is 9.07. The Bertz CT molecular complexity index is 1380. The van der Waals surface area contributed by atoms with Gasteiger partial charge in [-0.3, -0.25) is 4.79 Å². The number of nitrogens with one attached hydrogen (secondary N) is 2. The van der Waals surface area contributed by atoms with Crippen molar-refractivity contribution in [3.8, 4) is 0 Å². The molecular formula is C21H16ClFN3O3S2+. The van der Waals surface area contributed by atoms with Crippen LogP contribution in [0.3, 0.4) is 0 Å². The summed E-state index contributed by atoms with van der Waals surface area (Å²) in [5.41, 5.74) is 1.36. The summed E-state index contributed by atoms with van der Waals surface area (Å²) in [6.45, 7) is 0. The van der Waals surface area contributed by atoms with Gasteiger partial charge in [0.2, 0.25) is 5.91 Å². The fraction of sp³-hybridized carbons (Fsp3) is 0.0476. The summed E-state index contributed by atoms with van der Waals surface area (Å²) in [4.78, 5) is 15.6. The number of benzene rings is 3. The number of thioether (sulfide) groups is 1. The van der Waals surface area contributed by atoms with Crippen LogP contribution in [0, 0.1) is 5.82 Å². The van der Waals surface area contributed by atoms with E-state index in [1.54, 1.807) is 42.5 Å². The number of hydrogen-bond acceptors (Lipinski definition) is 4. The molecule has 0 saturated carbocycles. The van der Waals surface area contributed by atoms with Gasteiger partial charge in [-0.15, -0.1) is 3.97 Å². The third kappa shape index (κ3) is 4.43. The second-order valence-electron chi connectivity index (χ2n) is 6.49. The number of amides is 1. The third-order valence-electron chi connectivity index (χ3n) is 4.38. The molecule has 0 aliphatic heterocycles. The average Bonchev–Trinajstić information content (AvgIpc) is 3.14. The summed E-state index contributed by atoms with van der Waals surface area (Å²) in [6.07, 6.45) is 0. The highest BCUT2D eigenvalue weighted by Crippen LogP contribution is 2.24. The number of imidazole rings is 1. The molecule has 0 saturated heterocycles. The number of para-hydroxylation sites is 2. The van der Waals surface area contributed by atoms with Gasteiger partial charge in [0.25, 0.3) is 0 Å². The summed E-state index contributed by atoms with van der Waals surface area (Å²) in [6, 6.07) is 18.7.